The van der Waals surface area contributed by atoms with Crippen LogP contribution in [0, 0.1) is 6.92 Å². The first-order chi connectivity index (χ1) is 15.5. The van der Waals surface area contributed by atoms with Crippen molar-refractivity contribution in [2.24, 2.45) is 0 Å². The summed E-state index contributed by atoms with van der Waals surface area (Å²) in [6.07, 6.45) is -4.03. The first-order valence-electron chi connectivity index (χ1n) is 10.2. The van der Waals surface area contributed by atoms with E-state index in [9.17, 15) is 15.0 Å². The van der Waals surface area contributed by atoms with E-state index >= 15 is 0 Å². The number of carbonyl (C=O) groups excluding carboxylic acids is 1. The lowest BCUT2D eigenvalue weighted by Crippen LogP contribution is -2.62. The van der Waals surface area contributed by atoms with Gasteiger partial charge in [0, 0.05) is 0 Å². The summed E-state index contributed by atoms with van der Waals surface area (Å²) in [6, 6.07) is 13.6. The van der Waals surface area contributed by atoms with E-state index in [0.717, 1.165) is 5.56 Å². The van der Waals surface area contributed by atoms with Crippen molar-refractivity contribution in [3.8, 4) is 11.5 Å². The molecule has 8 nitrogen and oxygen atoms in total. The predicted molar refractivity (Wildman–Crippen MR) is 116 cm³/mol. The van der Waals surface area contributed by atoms with Gasteiger partial charge in [0.15, 0.2) is 6.10 Å². The summed E-state index contributed by atoms with van der Waals surface area (Å²) in [5, 5.41) is 20.4. The Hall–Kier alpha value is -2.91. The topological polar surface area (TPSA) is 104 Å². The third kappa shape index (κ3) is 5.66. The Morgan fingerprint density at radius 3 is 2.34 bits per heavy atom. The van der Waals surface area contributed by atoms with Gasteiger partial charge in [-0.3, -0.25) is 0 Å². The second kappa shape index (κ2) is 11.1. The summed E-state index contributed by atoms with van der Waals surface area (Å²) < 4.78 is 28.2. The molecule has 0 aliphatic carbocycles. The molecule has 0 amide bonds. The lowest BCUT2D eigenvalue weighted by molar-refractivity contribution is -0.283. The molecule has 2 aromatic rings. The van der Waals surface area contributed by atoms with Crippen LogP contribution in [0.3, 0.4) is 0 Å². The van der Waals surface area contributed by atoms with E-state index < -0.39 is 43.3 Å². The molecule has 2 aromatic carbocycles. The first-order valence-corrected chi connectivity index (χ1v) is 10.2. The van der Waals surface area contributed by atoms with Gasteiger partial charge in [0.25, 0.3) is 0 Å². The van der Waals surface area contributed by atoms with Gasteiger partial charge in [0.2, 0.25) is 6.29 Å². The Bertz CT molecular complexity index is 880. The third-order valence-electron chi connectivity index (χ3n) is 5.05. The molecule has 1 aliphatic heterocycles. The maximum atomic E-state index is 12.8. The number of carbonyl (C=O) groups is 1. The summed E-state index contributed by atoms with van der Waals surface area (Å²) in [5.74, 6) is 0.437. The Balaban J connectivity index is 1.88. The summed E-state index contributed by atoms with van der Waals surface area (Å²) in [4.78, 5) is 12.8. The Morgan fingerprint density at radius 1 is 1.09 bits per heavy atom. The fourth-order valence-corrected chi connectivity index (χ4v) is 3.30. The lowest BCUT2D eigenvalue weighted by Gasteiger charge is -2.43. The summed E-state index contributed by atoms with van der Waals surface area (Å²) >= 11 is 0. The largest absolute Gasteiger partial charge is 0.497 e. The number of hydrogen-bond acceptors (Lipinski definition) is 8. The number of benzene rings is 2. The molecule has 1 heterocycles. The van der Waals surface area contributed by atoms with E-state index in [4.69, 9.17) is 23.7 Å². The number of aryl methyl sites for hydroxylation is 1. The molecule has 1 aliphatic rings. The van der Waals surface area contributed by atoms with Crippen LogP contribution in [0.25, 0.3) is 0 Å². The highest BCUT2D eigenvalue weighted by atomic mass is 16.7. The van der Waals surface area contributed by atoms with Crippen molar-refractivity contribution < 1.29 is 38.7 Å². The van der Waals surface area contributed by atoms with Crippen LogP contribution in [0.4, 0.5) is 0 Å². The van der Waals surface area contributed by atoms with E-state index in [-0.39, 0.29) is 6.61 Å². The third-order valence-corrected chi connectivity index (χ3v) is 5.05. The minimum atomic E-state index is -1.26. The van der Waals surface area contributed by atoms with Crippen molar-refractivity contribution in [2.75, 3.05) is 20.3 Å². The van der Waals surface area contributed by atoms with Crippen LogP contribution in [-0.4, -0.2) is 67.2 Å². The maximum absolute atomic E-state index is 12.8. The fraction of sp³-hybridized carbons (Fsp3) is 0.375. The molecule has 32 heavy (non-hydrogen) atoms. The van der Waals surface area contributed by atoms with Crippen LogP contribution in [0.2, 0.25) is 0 Å². The molecule has 5 atom stereocenters. The van der Waals surface area contributed by atoms with Crippen molar-refractivity contribution in [3.63, 3.8) is 0 Å². The second-order valence-electron chi connectivity index (χ2n) is 7.33. The molecule has 2 unspecified atom stereocenters. The first kappa shape index (κ1) is 23.7. The standard InChI is InChI=1S/C24H28O8/c1-4-13-29-21-20(26)19(14-25)31-24(30-18-11-9-17(28-3)10-12-18)22(21)32-23(27)16-7-5-15(2)6-8-16/h4-12,19-22,24-26H,1,13-14H2,2-3H3/t19?,20-,21+,22?,24+/m0/s1. The number of methoxy groups -OCH3 is 1. The quantitative estimate of drug-likeness (QED) is 0.448. The molecule has 3 rings (SSSR count). The summed E-state index contributed by atoms with van der Waals surface area (Å²) in [5.41, 5.74) is 1.33. The van der Waals surface area contributed by atoms with E-state index in [1.807, 2.05) is 6.92 Å². The molecule has 0 saturated carbocycles. The van der Waals surface area contributed by atoms with Crippen LogP contribution in [-0.2, 0) is 14.2 Å². The molecular formula is C24H28O8. The van der Waals surface area contributed by atoms with Crippen LogP contribution < -0.4 is 9.47 Å². The van der Waals surface area contributed by atoms with Crippen molar-refractivity contribution in [1.82, 2.24) is 0 Å². The van der Waals surface area contributed by atoms with E-state index in [1.54, 1.807) is 55.6 Å². The van der Waals surface area contributed by atoms with Gasteiger partial charge < -0.3 is 33.9 Å². The second-order valence-corrected chi connectivity index (χ2v) is 7.33. The van der Waals surface area contributed by atoms with Gasteiger partial charge in [-0.15, -0.1) is 6.58 Å². The predicted octanol–water partition coefficient (Wildman–Crippen LogP) is 2.26. The van der Waals surface area contributed by atoms with E-state index in [0.29, 0.717) is 17.1 Å². The molecule has 1 fully saturated rings. The number of rotatable bonds is 9. The highest BCUT2D eigenvalue weighted by Gasteiger charge is 2.49. The maximum Gasteiger partial charge on any atom is 0.338 e. The van der Waals surface area contributed by atoms with Gasteiger partial charge in [-0.05, 0) is 43.3 Å². The van der Waals surface area contributed by atoms with Crippen LogP contribution in [0.15, 0.2) is 61.2 Å². The number of aliphatic hydroxyl groups is 2. The van der Waals surface area contributed by atoms with Gasteiger partial charge in [-0.25, -0.2) is 4.79 Å². The zero-order chi connectivity index (χ0) is 23.1. The monoisotopic (exact) mass is 444 g/mol. The molecule has 8 heteroatoms. The Labute approximate surface area is 186 Å². The number of esters is 1. The van der Waals surface area contributed by atoms with Crippen molar-refractivity contribution in [1.29, 1.82) is 0 Å². The molecule has 0 spiro atoms. The van der Waals surface area contributed by atoms with Crippen LogP contribution in [0.1, 0.15) is 15.9 Å². The SMILES string of the molecule is C=CCO[C@H]1C(OC(=O)c2ccc(C)cc2)[C@H](Oc2ccc(OC)cc2)OC(CO)[C@@H]1O. The van der Waals surface area contributed by atoms with Gasteiger partial charge in [-0.1, -0.05) is 23.8 Å². The molecule has 1 saturated heterocycles. The number of hydrogen-bond donors (Lipinski definition) is 2. The van der Waals surface area contributed by atoms with Gasteiger partial charge in [0.05, 0.1) is 25.9 Å². The van der Waals surface area contributed by atoms with Crippen LogP contribution >= 0.6 is 0 Å². The zero-order valence-electron chi connectivity index (χ0n) is 18.0. The number of ether oxygens (including phenoxy) is 5. The fourth-order valence-electron chi connectivity index (χ4n) is 3.30. The molecule has 172 valence electrons. The zero-order valence-corrected chi connectivity index (χ0v) is 18.0. The molecule has 0 bridgehead atoms. The molecule has 0 aromatic heterocycles. The summed E-state index contributed by atoms with van der Waals surface area (Å²) in [7, 11) is 1.55. The minimum Gasteiger partial charge on any atom is -0.497 e. The highest BCUT2D eigenvalue weighted by molar-refractivity contribution is 5.89. The van der Waals surface area contributed by atoms with Crippen molar-refractivity contribution >= 4 is 5.97 Å². The normalized spacial score (nSPS) is 25.1. The van der Waals surface area contributed by atoms with Crippen molar-refractivity contribution in [3.05, 3.63) is 72.3 Å². The minimum absolute atomic E-state index is 0.0910. The van der Waals surface area contributed by atoms with Crippen molar-refractivity contribution in [2.45, 2.75) is 37.6 Å². The Morgan fingerprint density at radius 2 is 1.75 bits per heavy atom. The molecule has 0 radical (unpaired) electrons. The lowest BCUT2D eigenvalue weighted by atomic mass is 9.98. The average molecular weight is 444 g/mol. The highest BCUT2D eigenvalue weighted by Crippen LogP contribution is 2.29. The van der Waals surface area contributed by atoms with Crippen LogP contribution in [0.5, 0.6) is 11.5 Å². The number of aliphatic hydroxyl groups excluding tert-OH is 2. The molecule has 2 N–H and O–H groups in total. The van der Waals surface area contributed by atoms with Gasteiger partial charge in [0.1, 0.15) is 29.8 Å². The van der Waals surface area contributed by atoms with Gasteiger partial charge in [-0.2, -0.15) is 0 Å². The smallest absolute Gasteiger partial charge is 0.338 e. The van der Waals surface area contributed by atoms with E-state index in [1.165, 1.54) is 6.08 Å². The van der Waals surface area contributed by atoms with Gasteiger partial charge >= 0.3 is 5.97 Å². The van der Waals surface area contributed by atoms with E-state index in [2.05, 4.69) is 6.58 Å². The Kier molecular flexibility index (Phi) is 8.24. The summed E-state index contributed by atoms with van der Waals surface area (Å²) in [6.45, 7) is 5.14. The molecular weight excluding hydrogens is 416 g/mol. The average Bonchev–Trinajstić information content (AvgIpc) is 2.81.